The summed E-state index contributed by atoms with van der Waals surface area (Å²) in [6.45, 7) is 0. The van der Waals surface area contributed by atoms with Crippen molar-refractivity contribution < 1.29 is 0 Å². The van der Waals surface area contributed by atoms with E-state index in [0.717, 1.165) is 30.5 Å². The normalized spacial score (nSPS) is 10.7. The average molecular weight is 248 g/mol. The number of benzene rings is 2. The first kappa shape index (κ1) is 11.8. The number of hydrogen-bond acceptors (Lipinski definition) is 2. The van der Waals surface area contributed by atoms with E-state index in [4.69, 9.17) is 0 Å². The number of nitrogens with zero attached hydrogens (tertiary/aromatic N) is 2. The van der Waals surface area contributed by atoms with E-state index in [2.05, 4.69) is 46.4 Å². The highest BCUT2D eigenvalue weighted by molar-refractivity contribution is 5.80. The third kappa shape index (κ3) is 2.79. The fourth-order valence-corrected chi connectivity index (χ4v) is 2.36. The van der Waals surface area contributed by atoms with Crippen molar-refractivity contribution >= 4 is 10.9 Å². The molecule has 94 valence electrons. The van der Waals surface area contributed by atoms with E-state index < -0.39 is 0 Å². The van der Waals surface area contributed by atoms with Crippen molar-refractivity contribution in [3.63, 3.8) is 0 Å². The fraction of sp³-hybridized carbons (Fsp3) is 0.176. The molecule has 0 fully saturated rings. The van der Waals surface area contributed by atoms with Crippen molar-refractivity contribution in [3.8, 4) is 0 Å². The van der Waals surface area contributed by atoms with Crippen molar-refractivity contribution in [2.75, 3.05) is 0 Å². The van der Waals surface area contributed by atoms with E-state index in [1.54, 1.807) is 6.33 Å². The van der Waals surface area contributed by atoms with Crippen LogP contribution in [-0.2, 0) is 12.8 Å². The van der Waals surface area contributed by atoms with Crippen molar-refractivity contribution in [3.05, 3.63) is 72.2 Å². The quantitative estimate of drug-likeness (QED) is 0.701. The predicted molar refractivity (Wildman–Crippen MR) is 78.0 cm³/mol. The Hall–Kier alpha value is -2.22. The lowest BCUT2D eigenvalue weighted by molar-refractivity contribution is 0.802. The molecule has 2 aromatic carbocycles. The van der Waals surface area contributed by atoms with Crippen LogP contribution in [0.4, 0.5) is 0 Å². The number of fused-ring (bicyclic) bond motifs is 1. The van der Waals surface area contributed by atoms with Gasteiger partial charge in [-0.3, -0.25) is 0 Å². The van der Waals surface area contributed by atoms with Gasteiger partial charge in [-0.15, -0.1) is 0 Å². The Kier molecular flexibility index (Phi) is 3.50. The summed E-state index contributed by atoms with van der Waals surface area (Å²) >= 11 is 0. The van der Waals surface area contributed by atoms with Crippen LogP contribution >= 0.6 is 0 Å². The van der Waals surface area contributed by atoms with E-state index in [1.807, 2.05) is 18.2 Å². The standard InChI is InChI=1S/C17H16N2/c1-2-7-14(8-3-1)9-6-12-17-15-10-4-5-11-16(15)18-13-19-17/h1-5,7-8,10-11,13H,6,9,12H2. The first-order valence-corrected chi connectivity index (χ1v) is 6.66. The van der Waals surface area contributed by atoms with Gasteiger partial charge in [-0.25, -0.2) is 9.97 Å². The van der Waals surface area contributed by atoms with Crippen LogP contribution in [0.2, 0.25) is 0 Å². The third-order valence-electron chi connectivity index (χ3n) is 3.35. The second-order valence-electron chi connectivity index (χ2n) is 4.68. The molecule has 0 aliphatic heterocycles. The van der Waals surface area contributed by atoms with Crippen molar-refractivity contribution in [2.45, 2.75) is 19.3 Å². The lowest BCUT2D eigenvalue weighted by atomic mass is 10.0. The van der Waals surface area contributed by atoms with Crippen LogP contribution < -0.4 is 0 Å². The topological polar surface area (TPSA) is 25.8 Å². The molecule has 0 saturated heterocycles. The molecule has 2 heteroatoms. The molecule has 0 saturated carbocycles. The molecule has 0 aliphatic carbocycles. The molecule has 1 aromatic heterocycles. The van der Waals surface area contributed by atoms with E-state index in [9.17, 15) is 0 Å². The summed E-state index contributed by atoms with van der Waals surface area (Å²) in [5.74, 6) is 0. The Morgan fingerprint density at radius 2 is 1.53 bits per heavy atom. The molecule has 3 aromatic rings. The number of aryl methyl sites for hydroxylation is 2. The van der Waals surface area contributed by atoms with Crippen LogP contribution in [0, 0.1) is 0 Å². The van der Waals surface area contributed by atoms with Crippen LogP contribution in [0.25, 0.3) is 10.9 Å². The highest BCUT2D eigenvalue weighted by atomic mass is 14.8. The maximum Gasteiger partial charge on any atom is 0.116 e. The van der Waals surface area contributed by atoms with Gasteiger partial charge in [0.05, 0.1) is 11.2 Å². The molecule has 0 amide bonds. The molecule has 0 N–H and O–H groups in total. The minimum Gasteiger partial charge on any atom is -0.241 e. The average Bonchev–Trinajstić information content (AvgIpc) is 2.49. The maximum absolute atomic E-state index is 4.43. The second-order valence-corrected chi connectivity index (χ2v) is 4.68. The Morgan fingerprint density at radius 1 is 0.737 bits per heavy atom. The summed E-state index contributed by atoms with van der Waals surface area (Å²) < 4.78 is 0. The molecule has 1 heterocycles. The lowest BCUT2D eigenvalue weighted by Crippen LogP contribution is -1.95. The molecule has 2 nitrogen and oxygen atoms in total. The molecule has 3 rings (SSSR count). The van der Waals surface area contributed by atoms with Crippen molar-refractivity contribution in [1.82, 2.24) is 9.97 Å². The molecule has 0 radical (unpaired) electrons. The van der Waals surface area contributed by atoms with E-state index >= 15 is 0 Å². The zero-order valence-corrected chi connectivity index (χ0v) is 10.8. The monoisotopic (exact) mass is 248 g/mol. The van der Waals surface area contributed by atoms with Crippen LogP contribution in [0.5, 0.6) is 0 Å². The van der Waals surface area contributed by atoms with E-state index in [1.165, 1.54) is 10.9 Å². The fourth-order valence-electron chi connectivity index (χ4n) is 2.36. The molecule has 0 atom stereocenters. The molecule has 0 spiro atoms. The van der Waals surface area contributed by atoms with Crippen LogP contribution in [0.3, 0.4) is 0 Å². The summed E-state index contributed by atoms with van der Waals surface area (Å²) in [7, 11) is 0. The highest BCUT2D eigenvalue weighted by Crippen LogP contribution is 2.16. The van der Waals surface area contributed by atoms with Gasteiger partial charge in [-0.05, 0) is 30.9 Å². The summed E-state index contributed by atoms with van der Waals surface area (Å²) in [4.78, 5) is 8.72. The third-order valence-corrected chi connectivity index (χ3v) is 3.35. The molecular weight excluding hydrogens is 232 g/mol. The number of hydrogen-bond donors (Lipinski definition) is 0. The van der Waals surface area contributed by atoms with E-state index in [0.29, 0.717) is 0 Å². The molecule has 0 bridgehead atoms. The molecular formula is C17H16N2. The number of aromatic nitrogens is 2. The molecule has 0 unspecified atom stereocenters. The largest absolute Gasteiger partial charge is 0.241 e. The van der Waals surface area contributed by atoms with Crippen molar-refractivity contribution in [2.24, 2.45) is 0 Å². The van der Waals surface area contributed by atoms with Crippen LogP contribution in [0.1, 0.15) is 17.7 Å². The predicted octanol–water partition coefficient (Wildman–Crippen LogP) is 3.81. The minimum atomic E-state index is 0.998. The molecule has 0 aliphatic rings. The lowest BCUT2D eigenvalue weighted by Gasteiger charge is -2.05. The van der Waals surface area contributed by atoms with Gasteiger partial charge in [0.2, 0.25) is 0 Å². The van der Waals surface area contributed by atoms with Crippen LogP contribution in [0.15, 0.2) is 60.9 Å². The van der Waals surface area contributed by atoms with Gasteiger partial charge in [-0.1, -0.05) is 48.5 Å². The first-order chi connectivity index (χ1) is 9.43. The van der Waals surface area contributed by atoms with Crippen LogP contribution in [-0.4, -0.2) is 9.97 Å². The Bertz CT molecular complexity index is 657. The van der Waals surface area contributed by atoms with E-state index in [-0.39, 0.29) is 0 Å². The highest BCUT2D eigenvalue weighted by Gasteiger charge is 2.02. The smallest absolute Gasteiger partial charge is 0.116 e. The van der Waals surface area contributed by atoms with Gasteiger partial charge in [0, 0.05) is 5.39 Å². The summed E-state index contributed by atoms with van der Waals surface area (Å²) in [6, 6.07) is 18.8. The molecule has 19 heavy (non-hydrogen) atoms. The van der Waals surface area contributed by atoms with Gasteiger partial charge >= 0.3 is 0 Å². The SMILES string of the molecule is c1ccc(CCCc2ncnc3ccccc23)cc1. The first-order valence-electron chi connectivity index (χ1n) is 6.66. The van der Waals surface area contributed by atoms with Gasteiger partial charge in [-0.2, -0.15) is 0 Å². The van der Waals surface area contributed by atoms with Gasteiger partial charge in [0.1, 0.15) is 6.33 Å². The zero-order valence-electron chi connectivity index (χ0n) is 10.8. The number of para-hydroxylation sites is 1. The van der Waals surface area contributed by atoms with Crippen molar-refractivity contribution in [1.29, 1.82) is 0 Å². The van der Waals surface area contributed by atoms with Gasteiger partial charge in [0.15, 0.2) is 0 Å². The summed E-state index contributed by atoms with van der Waals surface area (Å²) in [5.41, 5.74) is 3.58. The zero-order chi connectivity index (χ0) is 12.9. The Balaban J connectivity index is 1.72. The minimum absolute atomic E-state index is 0.998. The Labute approximate surface area is 113 Å². The van der Waals surface area contributed by atoms with Gasteiger partial charge in [0.25, 0.3) is 0 Å². The summed E-state index contributed by atoms with van der Waals surface area (Å²) in [6.07, 6.45) is 4.88. The Morgan fingerprint density at radius 3 is 2.42 bits per heavy atom. The second kappa shape index (κ2) is 5.61. The maximum atomic E-state index is 4.43. The van der Waals surface area contributed by atoms with Gasteiger partial charge < -0.3 is 0 Å². The number of rotatable bonds is 4. The summed E-state index contributed by atoms with van der Waals surface area (Å²) in [5, 5.41) is 1.18.